The maximum Gasteiger partial charge on any atom is 0.179 e. The van der Waals surface area contributed by atoms with Crippen LogP contribution in [0.4, 0.5) is 0 Å². The third-order valence-corrected chi connectivity index (χ3v) is 16.3. The van der Waals surface area contributed by atoms with Crippen molar-refractivity contribution in [2.24, 2.45) is 0 Å². The maximum absolute atomic E-state index is 10.5. The quantitative estimate of drug-likeness (QED) is 0.116. The Hall–Kier alpha value is -8.18. The minimum Gasteiger partial charge on any atom is -0.454 e. The standard InChI is InChI=1S/C60H40N2OSi/c1-4-19-41(20-5-1)42-21-18-26-47(39-42)64(44-22-6-2-7-23-44,45-24-8-3-9-25-45)46-37-35-43(36-38-46)61-53-31-14-12-29-50(53)52-40-56(60-58(59(52)61)51-30-13-17-34-57(51)63-60)62-54-32-15-10-27-48(54)49-28-11-16-33-55(49)62/h1-40H/i1D,2D,4D,5D,6D,7D,18D,19D,20D,21D,22D,23D,26D,35D,36D,37D,38D,39D. The van der Waals surface area contributed by atoms with Crippen molar-refractivity contribution in [2.75, 3.05) is 0 Å². The molecule has 0 bridgehead atoms. The molecular formula is C60H40N2OSi. The van der Waals surface area contributed by atoms with E-state index in [1.54, 1.807) is 22.8 Å². The monoisotopic (exact) mass is 850 g/mol. The Kier molecular flexibility index (Phi) is 5.14. The van der Waals surface area contributed by atoms with Crippen molar-refractivity contribution in [2.45, 2.75) is 0 Å². The third kappa shape index (κ3) is 5.33. The first kappa shape index (κ1) is 22.8. The molecule has 4 heteroatoms. The lowest BCUT2D eigenvalue weighted by Crippen LogP contribution is -2.74. The number of hydrogen-bond acceptors (Lipinski definition) is 1. The van der Waals surface area contributed by atoms with Crippen LogP contribution in [-0.2, 0) is 0 Å². The van der Waals surface area contributed by atoms with Gasteiger partial charge in [0.05, 0.1) is 57.8 Å². The third-order valence-electron chi connectivity index (χ3n) is 12.1. The molecule has 300 valence electrons. The molecule has 3 heterocycles. The van der Waals surface area contributed by atoms with E-state index in [-0.39, 0.29) is 10.9 Å². The van der Waals surface area contributed by atoms with Gasteiger partial charge in [0.1, 0.15) is 5.58 Å². The molecule has 0 radical (unpaired) electrons. The van der Waals surface area contributed by atoms with Gasteiger partial charge in [-0.25, -0.2) is 0 Å². The average molecular weight is 851 g/mol. The van der Waals surface area contributed by atoms with Crippen LogP contribution in [-0.4, -0.2) is 17.2 Å². The number of furan rings is 1. The molecule has 0 N–H and O–H groups in total. The first-order chi connectivity index (χ1) is 39.3. The van der Waals surface area contributed by atoms with Gasteiger partial charge in [-0.05, 0) is 74.3 Å². The van der Waals surface area contributed by atoms with Gasteiger partial charge in [0, 0.05) is 32.6 Å². The summed E-state index contributed by atoms with van der Waals surface area (Å²) in [6.45, 7) is 0. The van der Waals surface area contributed by atoms with E-state index in [4.69, 9.17) is 15.4 Å². The molecule has 13 rings (SSSR count). The van der Waals surface area contributed by atoms with Gasteiger partial charge < -0.3 is 13.6 Å². The summed E-state index contributed by atoms with van der Waals surface area (Å²) in [4.78, 5) is 0. The van der Waals surface area contributed by atoms with E-state index in [2.05, 4.69) is 16.7 Å². The summed E-state index contributed by atoms with van der Waals surface area (Å²) in [5, 5.41) is 2.66. The van der Waals surface area contributed by atoms with Gasteiger partial charge in [0.25, 0.3) is 0 Å². The summed E-state index contributed by atoms with van der Waals surface area (Å²) in [6.07, 6.45) is 0. The van der Waals surface area contributed by atoms with Gasteiger partial charge in [0.15, 0.2) is 13.7 Å². The largest absolute Gasteiger partial charge is 0.454 e. The van der Waals surface area contributed by atoms with Crippen LogP contribution in [0.2, 0.25) is 0 Å². The van der Waals surface area contributed by atoms with E-state index in [0.29, 0.717) is 49.4 Å². The van der Waals surface area contributed by atoms with Crippen molar-refractivity contribution in [1.82, 2.24) is 9.13 Å². The van der Waals surface area contributed by atoms with E-state index in [1.807, 2.05) is 78.9 Å². The fourth-order valence-corrected chi connectivity index (χ4v) is 13.3. The van der Waals surface area contributed by atoms with E-state index in [9.17, 15) is 13.7 Å². The van der Waals surface area contributed by atoms with E-state index < -0.39 is 144 Å². The van der Waals surface area contributed by atoms with Crippen molar-refractivity contribution in [3.8, 4) is 22.5 Å². The molecule has 0 spiro atoms. The zero-order valence-electron chi connectivity index (χ0n) is 51.5. The average Bonchev–Trinajstić information content (AvgIpc) is 1.64. The Morgan fingerprint density at radius 2 is 0.938 bits per heavy atom. The highest BCUT2D eigenvalue weighted by molar-refractivity contribution is 7.19. The molecule has 0 saturated carbocycles. The molecule has 0 aliphatic carbocycles. The SMILES string of the molecule is [2H]c1c([2H])c([2H])c(-c2c([2H])c([2H])c([2H])c([Si](c3ccccc3)(c3c([2H])c([2H])c([2H])c([2H])c3[2H])c3c([2H])c([2H])c(-n4c5ccccc5c5cc(-n6c7ccccc7c7ccccc76)c6oc7ccccc7c6c54)c([2H])c3[2H])c2[2H])c([2H])c1[2H]. The smallest absolute Gasteiger partial charge is 0.179 e. The number of nitrogens with zero attached hydrogens (tertiary/aromatic N) is 2. The Morgan fingerprint density at radius 1 is 0.406 bits per heavy atom. The number of benzene rings is 10. The Morgan fingerprint density at radius 3 is 1.62 bits per heavy atom. The molecule has 13 aromatic rings. The van der Waals surface area contributed by atoms with E-state index in [0.717, 1.165) is 21.8 Å². The van der Waals surface area contributed by atoms with Crippen LogP contribution in [0.25, 0.3) is 88.1 Å². The summed E-state index contributed by atoms with van der Waals surface area (Å²) < 4.78 is 181. The van der Waals surface area contributed by atoms with E-state index >= 15 is 0 Å². The van der Waals surface area contributed by atoms with E-state index in [1.165, 1.54) is 24.3 Å². The molecule has 3 aromatic heterocycles. The number of aromatic nitrogens is 2. The summed E-state index contributed by atoms with van der Waals surface area (Å²) in [5.41, 5.74) is 2.65. The van der Waals surface area contributed by atoms with Crippen LogP contribution in [0.5, 0.6) is 0 Å². The van der Waals surface area contributed by atoms with Gasteiger partial charge >= 0.3 is 0 Å². The van der Waals surface area contributed by atoms with Gasteiger partial charge in [-0.3, -0.25) is 0 Å². The molecule has 0 saturated heterocycles. The normalized spacial score (nSPS) is 16.8. The second kappa shape index (κ2) is 14.5. The molecule has 0 aliphatic rings. The number of hydrogen-bond donors (Lipinski definition) is 0. The van der Waals surface area contributed by atoms with Crippen molar-refractivity contribution in [3.05, 3.63) is 242 Å². The van der Waals surface area contributed by atoms with Crippen LogP contribution in [0.1, 0.15) is 24.7 Å². The topological polar surface area (TPSA) is 23.0 Å². The van der Waals surface area contributed by atoms with Gasteiger partial charge in [-0.15, -0.1) is 0 Å². The first-order valence-corrected chi connectivity index (χ1v) is 22.5. The lowest BCUT2D eigenvalue weighted by molar-refractivity contribution is 0.666. The predicted molar refractivity (Wildman–Crippen MR) is 271 cm³/mol. The fraction of sp³-hybridized carbons (Fsp3) is 0. The predicted octanol–water partition coefficient (Wildman–Crippen LogP) is 12.8. The van der Waals surface area contributed by atoms with Crippen molar-refractivity contribution in [3.63, 3.8) is 0 Å². The summed E-state index contributed by atoms with van der Waals surface area (Å²) >= 11 is 0. The molecule has 3 nitrogen and oxygen atoms in total. The Labute approximate surface area is 396 Å². The van der Waals surface area contributed by atoms with Gasteiger partial charge in [-0.2, -0.15) is 0 Å². The van der Waals surface area contributed by atoms with Crippen LogP contribution < -0.4 is 20.7 Å². The molecule has 1 atom stereocenters. The highest BCUT2D eigenvalue weighted by atomic mass is 28.3. The highest BCUT2D eigenvalue weighted by Crippen LogP contribution is 2.45. The van der Waals surface area contributed by atoms with Crippen molar-refractivity contribution in [1.29, 1.82) is 0 Å². The number of fused-ring (bicyclic) bond motifs is 10. The molecule has 0 aliphatic heterocycles. The maximum atomic E-state index is 10.5. The summed E-state index contributed by atoms with van der Waals surface area (Å²) in [7, 11) is -5.55. The molecular weight excluding hydrogens is 793 g/mol. The fourth-order valence-electron chi connectivity index (χ4n) is 9.47. The first-order valence-electron chi connectivity index (χ1n) is 29.5. The highest BCUT2D eigenvalue weighted by Gasteiger charge is 2.41. The van der Waals surface area contributed by atoms with Crippen LogP contribution >= 0.6 is 0 Å². The number of rotatable bonds is 7. The molecule has 10 aromatic carbocycles. The molecule has 1 unspecified atom stereocenters. The van der Waals surface area contributed by atoms with Crippen LogP contribution in [0.3, 0.4) is 0 Å². The minimum absolute atomic E-state index is 0.0331. The summed E-state index contributed by atoms with van der Waals surface area (Å²) in [5.74, 6) is 0. The zero-order chi connectivity index (χ0) is 57.9. The second-order valence-corrected chi connectivity index (χ2v) is 19.0. The molecule has 0 fully saturated rings. The minimum atomic E-state index is -5.55. The second-order valence-electron chi connectivity index (χ2n) is 15.4. The zero-order valence-corrected chi connectivity index (χ0v) is 34.5. The Bertz CT molecular complexity index is 4860. The Balaban J connectivity index is 1.22. The molecule has 0 amide bonds. The summed E-state index contributed by atoms with van der Waals surface area (Å²) in [6, 6.07) is 25.0. The molecule has 64 heavy (non-hydrogen) atoms. The van der Waals surface area contributed by atoms with Gasteiger partial charge in [0.2, 0.25) is 0 Å². The lowest BCUT2D eigenvalue weighted by Gasteiger charge is -2.35. The lowest BCUT2D eigenvalue weighted by atomic mass is 10.1. The van der Waals surface area contributed by atoms with Crippen molar-refractivity contribution < 1.29 is 29.1 Å². The van der Waals surface area contributed by atoms with Gasteiger partial charge in [-0.1, -0.05) is 200 Å². The van der Waals surface area contributed by atoms with Crippen LogP contribution in [0.15, 0.2) is 247 Å². The van der Waals surface area contributed by atoms with Crippen molar-refractivity contribution >= 4 is 94.4 Å². The number of para-hydroxylation sites is 4. The van der Waals surface area contributed by atoms with Crippen LogP contribution in [0, 0.1) is 0 Å².